The van der Waals surface area contributed by atoms with Crippen molar-refractivity contribution in [3.8, 4) is 0 Å². The topological polar surface area (TPSA) is 58.4 Å². The number of amides is 1. The quantitative estimate of drug-likeness (QED) is 0.700. The molecule has 0 aliphatic carbocycles. The van der Waals surface area contributed by atoms with Crippen molar-refractivity contribution in [1.29, 1.82) is 0 Å². The Morgan fingerprint density at radius 1 is 1.53 bits per heavy atom. The Bertz CT molecular complexity index is 200. The molecular weight excluding hydrogens is 190 g/mol. The van der Waals surface area contributed by atoms with Gasteiger partial charge in [0.05, 0.1) is 0 Å². The lowest BCUT2D eigenvalue weighted by Gasteiger charge is -2.30. The Morgan fingerprint density at radius 2 is 2.13 bits per heavy atom. The van der Waals surface area contributed by atoms with Crippen molar-refractivity contribution in [2.24, 2.45) is 11.7 Å². The highest BCUT2D eigenvalue weighted by molar-refractivity contribution is 5.78. The van der Waals surface area contributed by atoms with Crippen molar-refractivity contribution >= 4 is 5.91 Å². The van der Waals surface area contributed by atoms with Gasteiger partial charge in [0.25, 0.3) is 0 Å². The molecule has 3 N–H and O–H groups in total. The summed E-state index contributed by atoms with van der Waals surface area (Å²) in [6.45, 7) is 4.69. The molecule has 1 atom stereocenters. The first kappa shape index (κ1) is 12.5. The number of hydrogen-bond acceptors (Lipinski definition) is 3. The molecule has 1 aliphatic rings. The predicted octanol–water partition coefficient (Wildman–Crippen LogP) is 0.182. The van der Waals surface area contributed by atoms with E-state index < -0.39 is 0 Å². The summed E-state index contributed by atoms with van der Waals surface area (Å²) in [6.07, 6.45) is 2.91. The minimum atomic E-state index is 0.0506. The molecular formula is C11H23N3O. The molecule has 1 saturated heterocycles. The summed E-state index contributed by atoms with van der Waals surface area (Å²) in [5, 5.41) is 3.10. The van der Waals surface area contributed by atoms with Crippen molar-refractivity contribution in [3.05, 3.63) is 0 Å². The van der Waals surface area contributed by atoms with Gasteiger partial charge in [0.15, 0.2) is 0 Å². The van der Waals surface area contributed by atoms with Crippen LogP contribution in [0.1, 0.15) is 26.2 Å². The van der Waals surface area contributed by atoms with Crippen LogP contribution in [0.5, 0.6) is 0 Å². The standard InChI is InChI=1S/C11H23N3O/c1-9(3-6-12)11(15)13-10-4-7-14(2)8-5-10/h9-10H,3-8,12H2,1-2H3,(H,13,15). The third-order valence-electron chi connectivity index (χ3n) is 3.11. The number of nitrogens with one attached hydrogen (secondary N) is 1. The Labute approximate surface area is 92.2 Å². The average molecular weight is 213 g/mol. The SMILES string of the molecule is CC(CCN)C(=O)NC1CCN(C)CC1. The normalized spacial score (nSPS) is 21.3. The second-order valence-electron chi connectivity index (χ2n) is 4.56. The molecule has 1 heterocycles. The van der Waals surface area contributed by atoms with Crippen LogP contribution in [0.4, 0.5) is 0 Å². The molecule has 0 bridgehead atoms. The fourth-order valence-corrected chi connectivity index (χ4v) is 1.88. The third-order valence-corrected chi connectivity index (χ3v) is 3.11. The van der Waals surface area contributed by atoms with E-state index in [2.05, 4.69) is 17.3 Å². The number of piperidine rings is 1. The number of hydrogen-bond donors (Lipinski definition) is 2. The van der Waals surface area contributed by atoms with Gasteiger partial charge in [0.2, 0.25) is 5.91 Å². The third kappa shape index (κ3) is 4.18. The highest BCUT2D eigenvalue weighted by atomic mass is 16.1. The van der Waals surface area contributed by atoms with Gasteiger partial charge in [-0.1, -0.05) is 6.92 Å². The Balaban J connectivity index is 2.25. The zero-order valence-corrected chi connectivity index (χ0v) is 9.83. The Morgan fingerprint density at radius 3 is 2.67 bits per heavy atom. The van der Waals surface area contributed by atoms with Gasteiger partial charge in [-0.15, -0.1) is 0 Å². The lowest BCUT2D eigenvalue weighted by Crippen LogP contribution is -2.45. The van der Waals surface area contributed by atoms with E-state index in [0.29, 0.717) is 12.6 Å². The summed E-state index contributed by atoms with van der Waals surface area (Å²) in [5.74, 6) is 0.213. The average Bonchev–Trinajstić information content (AvgIpc) is 2.22. The van der Waals surface area contributed by atoms with E-state index in [1.807, 2.05) is 6.92 Å². The van der Waals surface area contributed by atoms with E-state index in [-0.39, 0.29) is 11.8 Å². The number of carbonyl (C=O) groups excluding carboxylic acids is 1. The maximum Gasteiger partial charge on any atom is 0.223 e. The van der Waals surface area contributed by atoms with Gasteiger partial charge < -0.3 is 16.0 Å². The van der Waals surface area contributed by atoms with E-state index in [1.165, 1.54) is 0 Å². The summed E-state index contributed by atoms with van der Waals surface area (Å²) in [4.78, 5) is 14.0. The predicted molar refractivity (Wildman–Crippen MR) is 61.5 cm³/mol. The molecule has 1 unspecified atom stereocenters. The molecule has 1 aliphatic heterocycles. The lowest BCUT2D eigenvalue weighted by atomic mass is 10.0. The van der Waals surface area contributed by atoms with Crippen molar-refractivity contribution in [2.45, 2.75) is 32.2 Å². The number of likely N-dealkylation sites (tertiary alicyclic amines) is 1. The van der Waals surface area contributed by atoms with E-state index in [1.54, 1.807) is 0 Å². The zero-order chi connectivity index (χ0) is 11.3. The molecule has 0 radical (unpaired) electrons. The van der Waals surface area contributed by atoms with Crippen molar-refractivity contribution in [1.82, 2.24) is 10.2 Å². The Kier molecular flexibility index (Phi) is 5.05. The van der Waals surface area contributed by atoms with Gasteiger partial charge in [-0.25, -0.2) is 0 Å². The first-order chi connectivity index (χ1) is 7.13. The van der Waals surface area contributed by atoms with Crippen LogP contribution in [0.2, 0.25) is 0 Å². The molecule has 1 fully saturated rings. The van der Waals surface area contributed by atoms with Gasteiger partial charge in [-0.05, 0) is 45.9 Å². The molecule has 4 heteroatoms. The summed E-state index contributed by atoms with van der Waals surface area (Å²) < 4.78 is 0. The smallest absolute Gasteiger partial charge is 0.223 e. The van der Waals surface area contributed by atoms with Crippen LogP contribution in [0.3, 0.4) is 0 Å². The van der Waals surface area contributed by atoms with Gasteiger partial charge in [0.1, 0.15) is 0 Å². The largest absolute Gasteiger partial charge is 0.353 e. The molecule has 1 rings (SSSR count). The van der Waals surface area contributed by atoms with Crippen molar-refractivity contribution in [2.75, 3.05) is 26.7 Å². The molecule has 0 aromatic carbocycles. The van der Waals surface area contributed by atoms with E-state index in [9.17, 15) is 4.79 Å². The molecule has 0 aromatic heterocycles. The van der Waals surface area contributed by atoms with Crippen LogP contribution in [0.25, 0.3) is 0 Å². The molecule has 15 heavy (non-hydrogen) atoms. The van der Waals surface area contributed by atoms with Crippen molar-refractivity contribution in [3.63, 3.8) is 0 Å². The molecule has 0 aromatic rings. The highest BCUT2D eigenvalue weighted by Gasteiger charge is 2.20. The number of nitrogens with zero attached hydrogens (tertiary/aromatic N) is 1. The first-order valence-electron chi connectivity index (χ1n) is 5.82. The fraction of sp³-hybridized carbons (Fsp3) is 0.909. The van der Waals surface area contributed by atoms with Gasteiger partial charge >= 0.3 is 0 Å². The van der Waals surface area contributed by atoms with Gasteiger partial charge in [-0.3, -0.25) is 4.79 Å². The Hall–Kier alpha value is -0.610. The minimum absolute atomic E-state index is 0.0506. The molecule has 0 spiro atoms. The molecule has 4 nitrogen and oxygen atoms in total. The zero-order valence-electron chi connectivity index (χ0n) is 9.83. The fourth-order valence-electron chi connectivity index (χ4n) is 1.88. The van der Waals surface area contributed by atoms with Crippen LogP contribution in [-0.4, -0.2) is 43.5 Å². The summed E-state index contributed by atoms with van der Waals surface area (Å²) in [7, 11) is 2.12. The summed E-state index contributed by atoms with van der Waals surface area (Å²) in [6, 6.07) is 0.369. The monoisotopic (exact) mass is 213 g/mol. The number of rotatable bonds is 4. The van der Waals surface area contributed by atoms with Gasteiger partial charge in [0, 0.05) is 12.0 Å². The lowest BCUT2D eigenvalue weighted by molar-refractivity contribution is -0.125. The van der Waals surface area contributed by atoms with Gasteiger partial charge in [-0.2, -0.15) is 0 Å². The molecule has 0 saturated carbocycles. The van der Waals surface area contributed by atoms with E-state index in [0.717, 1.165) is 32.4 Å². The second kappa shape index (κ2) is 6.08. The second-order valence-corrected chi connectivity index (χ2v) is 4.56. The van der Waals surface area contributed by atoms with Crippen LogP contribution >= 0.6 is 0 Å². The van der Waals surface area contributed by atoms with Crippen LogP contribution < -0.4 is 11.1 Å². The molecule has 1 amide bonds. The van der Waals surface area contributed by atoms with E-state index >= 15 is 0 Å². The van der Waals surface area contributed by atoms with Crippen LogP contribution in [0, 0.1) is 5.92 Å². The van der Waals surface area contributed by atoms with Crippen LogP contribution in [-0.2, 0) is 4.79 Å². The maximum atomic E-state index is 11.7. The first-order valence-corrected chi connectivity index (χ1v) is 5.82. The summed E-state index contributed by atoms with van der Waals surface area (Å²) in [5.41, 5.74) is 5.43. The minimum Gasteiger partial charge on any atom is -0.353 e. The van der Waals surface area contributed by atoms with Crippen LogP contribution in [0.15, 0.2) is 0 Å². The highest BCUT2D eigenvalue weighted by Crippen LogP contribution is 2.09. The summed E-state index contributed by atoms with van der Waals surface area (Å²) >= 11 is 0. The van der Waals surface area contributed by atoms with Crippen molar-refractivity contribution < 1.29 is 4.79 Å². The number of nitrogens with two attached hydrogens (primary N) is 1. The maximum absolute atomic E-state index is 11.7. The molecule has 88 valence electrons. The number of carbonyl (C=O) groups is 1. The van der Waals surface area contributed by atoms with E-state index in [4.69, 9.17) is 5.73 Å².